The van der Waals surface area contributed by atoms with Crippen LogP contribution in [0.1, 0.15) is 23.1 Å². The van der Waals surface area contributed by atoms with Crippen molar-refractivity contribution in [2.24, 2.45) is 0 Å². The largest absolute Gasteiger partial charge is 0.505 e. The molecule has 0 radical (unpaired) electrons. The first-order valence-corrected chi connectivity index (χ1v) is 9.66. The highest BCUT2D eigenvalue weighted by atomic mass is 19.1. The minimum atomic E-state index is -0.678. The van der Waals surface area contributed by atoms with Crippen LogP contribution in [0.2, 0.25) is 0 Å². The number of phenols is 1. The van der Waals surface area contributed by atoms with Crippen molar-refractivity contribution < 1.29 is 14.3 Å². The summed E-state index contributed by atoms with van der Waals surface area (Å²) in [7, 11) is 0. The van der Waals surface area contributed by atoms with E-state index in [2.05, 4.69) is 29.2 Å². The topological polar surface area (TPSA) is 43.8 Å². The van der Waals surface area contributed by atoms with Gasteiger partial charge in [0.15, 0.2) is 11.6 Å². The van der Waals surface area contributed by atoms with Crippen molar-refractivity contribution in [3.05, 3.63) is 65.0 Å². The summed E-state index contributed by atoms with van der Waals surface area (Å²) in [6.07, 6.45) is 3.58. The Morgan fingerprint density at radius 3 is 2.56 bits per heavy atom. The third-order valence-corrected chi connectivity index (χ3v) is 5.87. The van der Waals surface area contributed by atoms with Gasteiger partial charge >= 0.3 is 0 Å². The number of hydrogen-bond acceptors (Lipinski definition) is 3. The lowest BCUT2D eigenvalue weighted by molar-refractivity contribution is -0.132. The molecule has 0 bridgehead atoms. The van der Waals surface area contributed by atoms with Gasteiger partial charge in [-0.25, -0.2) is 4.39 Å². The molecular formula is C22H25FN2O2. The summed E-state index contributed by atoms with van der Waals surface area (Å²) in [5, 5.41) is 9.26. The zero-order chi connectivity index (χ0) is 18.8. The maximum atomic E-state index is 13.5. The highest BCUT2D eigenvalue weighted by molar-refractivity contribution is 5.79. The van der Waals surface area contributed by atoms with E-state index in [1.807, 2.05) is 4.90 Å². The molecular weight excluding hydrogens is 343 g/mol. The molecule has 27 heavy (non-hydrogen) atoms. The summed E-state index contributed by atoms with van der Waals surface area (Å²) in [5.41, 5.74) is 3.53. The second-order valence-corrected chi connectivity index (χ2v) is 7.54. The average molecular weight is 368 g/mol. The molecule has 4 nitrogen and oxygen atoms in total. The second kappa shape index (κ2) is 7.69. The summed E-state index contributed by atoms with van der Waals surface area (Å²) in [5.74, 6) is -1.04. The Morgan fingerprint density at radius 2 is 1.81 bits per heavy atom. The van der Waals surface area contributed by atoms with Crippen molar-refractivity contribution in [1.29, 1.82) is 0 Å². The third-order valence-electron chi connectivity index (χ3n) is 5.87. The minimum Gasteiger partial charge on any atom is -0.505 e. The van der Waals surface area contributed by atoms with Crippen LogP contribution in [0.3, 0.4) is 0 Å². The number of aromatic hydroxyl groups is 1. The van der Waals surface area contributed by atoms with Gasteiger partial charge in [0.1, 0.15) is 0 Å². The van der Waals surface area contributed by atoms with E-state index >= 15 is 0 Å². The molecule has 1 saturated heterocycles. The molecule has 1 amide bonds. The average Bonchev–Trinajstić information content (AvgIpc) is 2.70. The zero-order valence-corrected chi connectivity index (χ0v) is 15.4. The van der Waals surface area contributed by atoms with Crippen LogP contribution in [0.5, 0.6) is 5.75 Å². The standard InChI is InChI=1S/C22H25FN2O2/c23-20-13-16(5-8-21(20)26)14-22(27)25-11-9-24(10-12-25)19-7-6-17-3-1-2-4-18(17)15-19/h1-5,8,13,19,26H,6-7,9-12,14-15H2. The van der Waals surface area contributed by atoms with E-state index < -0.39 is 5.82 Å². The first kappa shape index (κ1) is 18.0. The number of benzene rings is 2. The monoisotopic (exact) mass is 368 g/mol. The first-order chi connectivity index (χ1) is 13.1. The second-order valence-electron chi connectivity index (χ2n) is 7.54. The summed E-state index contributed by atoms with van der Waals surface area (Å²) in [6, 6.07) is 13.4. The molecule has 1 atom stereocenters. The number of piperazine rings is 1. The number of halogens is 1. The fraction of sp³-hybridized carbons (Fsp3) is 0.409. The lowest BCUT2D eigenvalue weighted by Gasteiger charge is -2.41. The van der Waals surface area contributed by atoms with Crippen LogP contribution in [0, 0.1) is 5.82 Å². The predicted molar refractivity (Wildman–Crippen MR) is 102 cm³/mol. The van der Waals surface area contributed by atoms with Crippen molar-refractivity contribution in [1.82, 2.24) is 9.80 Å². The molecule has 5 heteroatoms. The molecule has 1 N–H and O–H groups in total. The zero-order valence-electron chi connectivity index (χ0n) is 15.4. The van der Waals surface area contributed by atoms with Crippen LogP contribution in [-0.4, -0.2) is 53.0 Å². The van der Waals surface area contributed by atoms with Gasteiger partial charge in [-0.2, -0.15) is 0 Å². The van der Waals surface area contributed by atoms with E-state index in [9.17, 15) is 14.3 Å². The summed E-state index contributed by atoms with van der Waals surface area (Å²) >= 11 is 0. The first-order valence-electron chi connectivity index (χ1n) is 9.66. The van der Waals surface area contributed by atoms with Crippen molar-refractivity contribution in [2.45, 2.75) is 31.7 Å². The number of hydrogen-bond donors (Lipinski definition) is 1. The maximum absolute atomic E-state index is 13.5. The smallest absolute Gasteiger partial charge is 0.227 e. The van der Waals surface area contributed by atoms with E-state index in [-0.39, 0.29) is 18.1 Å². The van der Waals surface area contributed by atoms with Crippen LogP contribution in [0.4, 0.5) is 4.39 Å². The van der Waals surface area contributed by atoms with E-state index in [1.54, 1.807) is 6.07 Å². The van der Waals surface area contributed by atoms with E-state index in [0.29, 0.717) is 11.6 Å². The molecule has 1 heterocycles. The Hall–Kier alpha value is -2.40. The number of phenolic OH excluding ortho intramolecular Hbond substituents is 1. The van der Waals surface area contributed by atoms with Crippen molar-refractivity contribution in [2.75, 3.05) is 26.2 Å². The van der Waals surface area contributed by atoms with Gasteiger partial charge < -0.3 is 10.0 Å². The maximum Gasteiger partial charge on any atom is 0.227 e. The fourth-order valence-corrected chi connectivity index (χ4v) is 4.27. The number of amides is 1. The van der Waals surface area contributed by atoms with Gasteiger partial charge in [0.2, 0.25) is 5.91 Å². The normalized spacial score (nSPS) is 20.3. The summed E-state index contributed by atoms with van der Waals surface area (Å²) in [6.45, 7) is 3.22. The van der Waals surface area contributed by atoms with E-state index in [4.69, 9.17) is 0 Å². The van der Waals surface area contributed by atoms with Gasteiger partial charge in [-0.15, -0.1) is 0 Å². The third kappa shape index (κ3) is 3.98. The molecule has 0 aromatic heterocycles. The van der Waals surface area contributed by atoms with Crippen LogP contribution in [0.25, 0.3) is 0 Å². The Kier molecular flexibility index (Phi) is 5.12. The van der Waals surface area contributed by atoms with Gasteiger partial charge in [-0.3, -0.25) is 9.69 Å². The Balaban J connectivity index is 1.31. The number of carbonyl (C=O) groups excluding carboxylic acids is 1. The molecule has 0 spiro atoms. The highest BCUT2D eigenvalue weighted by Gasteiger charge is 2.28. The minimum absolute atomic E-state index is 0.0220. The van der Waals surface area contributed by atoms with Crippen LogP contribution >= 0.6 is 0 Å². The highest BCUT2D eigenvalue weighted by Crippen LogP contribution is 2.25. The number of aryl methyl sites for hydroxylation is 1. The SMILES string of the molecule is O=C(Cc1ccc(O)c(F)c1)N1CCN(C2CCc3ccccc3C2)CC1. The van der Waals surface area contributed by atoms with Gasteiger partial charge in [0.05, 0.1) is 6.42 Å². The Labute approximate surface area is 159 Å². The van der Waals surface area contributed by atoms with Gasteiger partial charge in [-0.05, 0) is 48.1 Å². The summed E-state index contributed by atoms with van der Waals surface area (Å²) in [4.78, 5) is 16.9. The Morgan fingerprint density at radius 1 is 1.07 bits per heavy atom. The van der Waals surface area contributed by atoms with Crippen LogP contribution in [0.15, 0.2) is 42.5 Å². The molecule has 2 aromatic carbocycles. The van der Waals surface area contributed by atoms with Crippen LogP contribution < -0.4 is 0 Å². The van der Waals surface area contributed by atoms with Gasteiger partial charge in [-0.1, -0.05) is 30.3 Å². The number of fused-ring (bicyclic) bond motifs is 1. The fourth-order valence-electron chi connectivity index (χ4n) is 4.27. The lowest BCUT2D eigenvalue weighted by Crippen LogP contribution is -2.53. The van der Waals surface area contributed by atoms with Gasteiger partial charge in [0.25, 0.3) is 0 Å². The molecule has 1 unspecified atom stereocenters. The van der Waals surface area contributed by atoms with Crippen molar-refractivity contribution in [3.8, 4) is 5.75 Å². The molecule has 142 valence electrons. The quantitative estimate of drug-likeness (QED) is 0.906. The number of rotatable bonds is 3. The van der Waals surface area contributed by atoms with Crippen LogP contribution in [-0.2, 0) is 24.1 Å². The molecule has 4 rings (SSSR count). The van der Waals surface area contributed by atoms with Crippen molar-refractivity contribution in [3.63, 3.8) is 0 Å². The van der Waals surface area contributed by atoms with Crippen molar-refractivity contribution >= 4 is 5.91 Å². The van der Waals surface area contributed by atoms with Gasteiger partial charge in [0, 0.05) is 32.2 Å². The molecule has 1 aliphatic heterocycles. The molecule has 2 aromatic rings. The summed E-state index contributed by atoms with van der Waals surface area (Å²) < 4.78 is 13.5. The van der Waals surface area contributed by atoms with E-state index in [1.165, 1.54) is 29.7 Å². The molecule has 0 saturated carbocycles. The number of nitrogens with zero attached hydrogens (tertiary/aromatic N) is 2. The molecule has 1 aliphatic carbocycles. The number of carbonyl (C=O) groups is 1. The lowest BCUT2D eigenvalue weighted by atomic mass is 9.87. The molecule has 1 fully saturated rings. The van der Waals surface area contributed by atoms with E-state index in [0.717, 1.165) is 39.0 Å². The predicted octanol–water partition coefficient (Wildman–Crippen LogP) is 2.78. The Bertz CT molecular complexity index is 831. The molecule has 2 aliphatic rings.